The fourth-order valence-corrected chi connectivity index (χ4v) is 1.59. The van der Waals surface area contributed by atoms with E-state index in [9.17, 15) is 4.79 Å². The average molecular weight is 221 g/mol. The smallest absolute Gasteiger partial charge is 0.249 e. The summed E-state index contributed by atoms with van der Waals surface area (Å²) in [5, 5.41) is 2.94. The fourth-order valence-electron chi connectivity index (χ4n) is 1.59. The maximum atomic E-state index is 11.5. The Bertz CT molecular complexity index is 209. The van der Waals surface area contributed by atoms with E-state index in [0.29, 0.717) is 12.6 Å². The predicted molar refractivity (Wildman–Crippen MR) is 55.4 cm³/mol. The Morgan fingerprint density at radius 1 is 1.36 bits per heavy atom. The van der Waals surface area contributed by atoms with Crippen molar-refractivity contribution >= 4 is 18.3 Å². The van der Waals surface area contributed by atoms with E-state index in [1.807, 2.05) is 0 Å². The number of ether oxygens (including phenoxy) is 1. The number of carbonyl (C=O) groups is 1. The monoisotopic (exact) mass is 220 g/mol. The zero-order valence-electron chi connectivity index (χ0n) is 8.07. The van der Waals surface area contributed by atoms with Crippen molar-refractivity contribution in [3.63, 3.8) is 0 Å². The van der Waals surface area contributed by atoms with Gasteiger partial charge >= 0.3 is 0 Å². The minimum Gasteiger partial charge on any atom is -0.364 e. The molecule has 4 nitrogen and oxygen atoms in total. The SMILES string of the molecule is Cl.NC[C@H]1CC[C@@H](C(=O)NC2CC2)O1. The van der Waals surface area contributed by atoms with Crippen LogP contribution in [0, 0.1) is 0 Å². The lowest BCUT2D eigenvalue weighted by Crippen LogP contribution is -2.36. The Morgan fingerprint density at radius 3 is 2.57 bits per heavy atom. The highest BCUT2D eigenvalue weighted by Gasteiger charge is 2.33. The molecule has 1 heterocycles. The summed E-state index contributed by atoms with van der Waals surface area (Å²) >= 11 is 0. The van der Waals surface area contributed by atoms with Gasteiger partial charge in [0.2, 0.25) is 5.91 Å². The van der Waals surface area contributed by atoms with Crippen molar-refractivity contribution in [3.05, 3.63) is 0 Å². The zero-order valence-corrected chi connectivity index (χ0v) is 8.89. The lowest BCUT2D eigenvalue weighted by atomic mass is 10.2. The molecule has 0 bridgehead atoms. The molecule has 1 aliphatic carbocycles. The predicted octanol–water partition coefficient (Wildman–Crippen LogP) is 0.193. The van der Waals surface area contributed by atoms with Gasteiger partial charge in [-0.25, -0.2) is 0 Å². The molecule has 2 rings (SSSR count). The van der Waals surface area contributed by atoms with Crippen LogP contribution in [0.25, 0.3) is 0 Å². The highest BCUT2D eigenvalue weighted by Crippen LogP contribution is 2.22. The van der Waals surface area contributed by atoms with Gasteiger partial charge in [-0.05, 0) is 25.7 Å². The van der Waals surface area contributed by atoms with Gasteiger partial charge in [0.25, 0.3) is 0 Å². The van der Waals surface area contributed by atoms with E-state index in [0.717, 1.165) is 25.7 Å². The number of nitrogens with two attached hydrogens (primary N) is 1. The van der Waals surface area contributed by atoms with E-state index in [1.165, 1.54) is 0 Å². The normalized spacial score (nSPS) is 30.9. The molecule has 0 aromatic rings. The number of carbonyl (C=O) groups excluding carboxylic acids is 1. The molecule has 1 amide bonds. The summed E-state index contributed by atoms with van der Waals surface area (Å²) in [5.41, 5.74) is 5.45. The van der Waals surface area contributed by atoms with Crippen molar-refractivity contribution in [3.8, 4) is 0 Å². The molecule has 0 aromatic carbocycles. The maximum Gasteiger partial charge on any atom is 0.249 e. The van der Waals surface area contributed by atoms with Crippen LogP contribution in [0.1, 0.15) is 25.7 Å². The number of hydrogen-bond donors (Lipinski definition) is 2. The summed E-state index contributed by atoms with van der Waals surface area (Å²) in [6.45, 7) is 0.521. The van der Waals surface area contributed by atoms with E-state index < -0.39 is 0 Å². The van der Waals surface area contributed by atoms with Gasteiger partial charge in [0.15, 0.2) is 0 Å². The molecule has 3 N–H and O–H groups in total. The van der Waals surface area contributed by atoms with Gasteiger partial charge in [0.05, 0.1) is 6.10 Å². The average Bonchev–Trinajstić information content (AvgIpc) is 2.82. The third kappa shape index (κ3) is 2.83. The summed E-state index contributed by atoms with van der Waals surface area (Å²) in [7, 11) is 0. The van der Waals surface area contributed by atoms with Gasteiger partial charge in [-0.2, -0.15) is 0 Å². The number of halogens is 1. The van der Waals surface area contributed by atoms with Crippen LogP contribution >= 0.6 is 12.4 Å². The standard InChI is InChI=1S/C9H16N2O2.ClH/c10-5-7-3-4-8(13-7)9(12)11-6-1-2-6;/h6-8H,1-5,10H2,(H,11,12);1H/t7-,8+;/m1./s1. The molecule has 2 atom stereocenters. The van der Waals surface area contributed by atoms with Gasteiger partial charge in [-0.3, -0.25) is 4.79 Å². The molecule has 0 unspecified atom stereocenters. The Labute approximate surface area is 90.0 Å². The molecular formula is C9H17ClN2O2. The van der Waals surface area contributed by atoms with Crippen molar-refractivity contribution in [2.75, 3.05) is 6.54 Å². The topological polar surface area (TPSA) is 64.4 Å². The Morgan fingerprint density at radius 2 is 2.07 bits per heavy atom. The third-order valence-electron chi connectivity index (χ3n) is 2.59. The maximum absolute atomic E-state index is 11.5. The van der Waals surface area contributed by atoms with E-state index in [1.54, 1.807) is 0 Å². The minimum atomic E-state index is -0.242. The second kappa shape index (κ2) is 4.96. The van der Waals surface area contributed by atoms with E-state index >= 15 is 0 Å². The van der Waals surface area contributed by atoms with Crippen LogP contribution < -0.4 is 11.1 Å². The Hall–Kier alpha value is -0.320. The Kier molecular flexibility index (Phi) is 4.16. The van der Waals surface area contributed by atoms with Crippen molar-refractivity contribution in [1.29, 1.82) is 0 Å². The molecule has 1 saturated carbocycles. The molecule has 82 valence electrons. The fraction of sp³-hybridized carbons (Fsp3) is 0.889. The molecular weight excluding hydrogens is 204 g/mol. The van der Waals surface area contributed by atoms with Crippen LogP contribution in [0.5, 0.6) is 0 Å². The summed E-state index contributed by atoms with van der Waals surface area (Å²) in [5.74, 6) is 0.0541. The van der Waals surface area contributed by atoms with Crippen LogP contribution in [0.2, 0.25) is 0 Å². The first kappa shape index (κ1) is 11.8. The highest BCUT2D eigenvalue weighted by atomic mass is 35.5. The molecule has 14 heavy (non-hydrogen) atoms. The van der Waals surface area contributed by atoms with E-state index in [2.05, 4.69) is 5.32 Å². The van der Waals surface area contributed by atoms with Crippen molar-refractivity contribution in [1.82, 2.24) is 5.32 Å². The van der Waals surface area contributed by atoms with Crippen LogP contribution in [0.4, 0.5) is 0 Å². The molecule has 5 heteroatoms. The third-order valence-corrected chi connectivity index (χ3v) is 2.59. The lowest BCUT2D eigenvalue weighted by Gasteiger charge is -2.11. The van der Waals surface area contributed by atoms with Gasteiger partial charge in [0.1, 0.15) is 6.10 Å². The lowest BCUT2D eigenvalue weighted by molar-refractivity contribution is -0.131. The number of rotatable bonds is 3. The van der Waals surface area contributed by atoms with Gasteiger partial charge < -0.3 is 15.8 Å². The Balaban J connectivity index is 0.000000980. The van der Waals surface area contributed by atoms with E-state index in [4.69, 9.17) is 10.5 Å². The van der Waals surface area contributed by atoms with Crippen LogP contribution in [-0.2, 0) is 9.53 Å². The van der Waals surface area contributed by atoms with Crippen molar-refractivity contribution < 1.29 is 9.53 Å². The van der Waals surface area contributed by atoms with Crippen molar-refractivity contribution in [2.24, 2.45) is 5.73 Å². The number of nitrogens with one attached hydrogen (secondary N) is 1. The summed E-state index contributed by atoms with van der Waals surface area (Å²) < 4.78 is 5.46. The van der Waals surface area contributed by atoms with Crippen LogP contribution in [0.3, 0.4) is 0 Å². The van der Waals surface area contributed by atoms with Gasteiger partial charge in [0, 0.05) is 12.6 Å². The largest absolute Gasteiger partial charge is 0.364 e. The second-order valence-electron chi connectivity index (χ2n) is 3.84. The molecule has 2 aliphatic rings. The first-order valence-electron chi connectivity index (χ1n) is 4.95. The van der Waals surface area contributed by atoms with Crippen LogP contribution in [-0.4, -0.2) is 30.7 Å². The van der Waals surface area contributed by atoms with Gasteiger partial charge in [-0.15, -0.1) is 12.4 Å². The molecule has 0 radical (unpaired) electrons. The van der Waals surface area contributed by atoms with Crippen LogP contribution in [0.15, 0.2) is 0 Å². The van der Waals surface area contributed by atoms with E-state index in [-0.39, 0.29) is 30.5 Å². The minimum absolute atomic E-state index is 0. The molecule has 2 fully saturated rings. The first-order chi connectivity index (χ1) is 6.29. The summed E-state index contributed by atoms with van der Waals surface area (Å²) in [6, 6.07) is 0.424. The second-order valence-corrected chi connectivity index (χ2v) is 3.84. The number of amides is 1. The summed E-state index contributed by atoms with van der Waals surface area (Å²) in [6.07, 6.45) is 3.83. The van der Waals surface area contributed by atoms with Crippen molar-refractivity contribution in [2.45, 2.75) is 43.9 Å². The highest BCUT2D eigenvalue weighted by molar-refractivity contribution is 5.85. The molecule has 1 saturated heterocycles. The summed E-state index contributed by atoms with van der Waals surface area (Å²) in [4.78, 5) is 11.5. The quantitative estimate of drug-likeness (QED) is 0.714. The molecule has 1 aliphatic heterocycles. The molecule has 0 aromatic heterocycles. The first-order valence-corrected chi connectivity index (χ1v) is 4.95. The number of hydrogen-bond acceptors (Lipinski definition) is 3. The zero-order chi connectivity index (χ0) is 9.26. The van der Waals surface area contributed by atoms with Gasteiger partial charge in [-0.1, -0.05) is 0 Å². The molecule has 0 spiro atoms.